The van der Waals surface area contributed by atoms with Gasteiger partial charge in [0, 0.05) is 36.9 Å². The minimum Gasteiger partial charge on any atom is -0.378 e. The van der Waals surface area contributed by atoms with E-state index >= 15 is 0 Å². The number of morpholine rings is 1. The van der Waals surface area contributed by atoms with Gasteiger partial charge in [0.25, 0.3) is 5.91 Å². The van der Waals surface area contributed by atoms with E-state index in [9.17, 15) is 4.79 Å². The molecular weight excluding hydrogens is 278 g/mol. The molecule has 0 saturated carbocycles. The van der Waals surface area contributed by atoms with Crippen LogP contribution in [0.1, 0.15) is 23.7 Å². The molecule has 5 heteroatoms. The van der Waals surface area contributed by atoms with Crippen molar-refractivity contribution in [3.63, 3.8) is 0 Å². The summed E-state index contributed by atoms with van der Waals surface area (Å²) in [6.45, 7) is 6.91. The van der Waals surface area contributed by atoms with Crippen molar-refractivity contribution in [2.24, 2.45) is 11.7 Å². The molecule has 2 heterocycles. The lowest BCUT2D eigenvalue weighted by molar-refractivity contribution is 0.0743. The molecule has 2 saturated heterocycles. The Labute approximate surface area is 132 Å². The van der Waals surface area contributed by atoms with Crippen molar-refractivity contribution in [1.82, 2.24) is 4.90 Å². The summed E-state index contributed by atoms with van der Waals surface area (Å²) in [5.74, 6) is 0.559. The van der Waals surface area contributed by atoms with Gasteiger partial charge in [0.05, 0.1) is 13.2 Å². The highest BCUT2D eigenvalue weighted by Gasteiger charge is 2.32. The summed E-state index contributed by atoms with van der Waals surface area (Å²) >= 11 is 0. The topological polar surface area (TPSA) is 58.8 Å². The van der Waals surface area contributed by atoms with E-state index in [1.54, 1.807) is 0 Å². The predicted octanol–water partition coefficient (Wildman–Crippen LogP) is 1.33. The normalized spacial score (nSPS) is 25.5. The second kappa shape index (κ2) is 6.67. The number of nitrogens with two attached hydrogens (primary N) is 1. The first-order valence-electron chi connectivity index (χ1n) is 8.13. The maximum atomic E-state index is 12.7. The van der Waals surface area contributed by atoms with E-state index < -0.39 is 0 Å². The highest BCUT2D eigenvalue weighted by atomic mass is 16.5. The SMILES string of the molecule is CC1CC(CN)CN1C(=O)c1ccc(N2CCOCC2)cc1. The van der Waals surface area contributed by atoms with Crippen LogP contribution in [-0.2, 0) is 4.74 Å². The van der Waals surface area contributed by atoms with E-state index in [-0.39, 0.29) is 11.9 Å². The van der Waals surface area contributed by atoms with E-state index in [4.69, 9.17) is 10.5 Å². The summed E-state index contributed by atoms with van der Waals surface area (Å²) in [7, 11) is 0. The zero-order valence-electron chi connectivity index (χ0n) is 13.2. The molecule has 120 valence electrons. The molecule has 2 fully saturated rings. The Balaban J connectivity index is 1.68. The molecule has 0 aliphatic carbocycles. The van der Waals surface area contributed by atoms with Gasteiger partial charge < -0.3 is 20.3 Å². The fraction of sp³-hybridized carbons (Fsp3) is 0.588. The highest BCUT2D eigenvalue weighted by molar-refractivity contribution is 5.95. The molecule has 2 N–H and O–H groups in total. The lowest BCUT2D eigenvalue weighted by Gasteiger charge is -2.29. The van der Waals surface area contributed by atoms with Crippen molar-refractivity contribution in [3.05, 3.63) is 29.8 Å². The predicted molar refractivity (Wildman–Crippen MR) is 87.1 cm³/mol. The summed E-state index contributed by atoms with van der Waals surface area (Å²) < 4.78 is 5.37. The zero-order valence-corrected chi connectivity index (χ0v) is 13.2. The van der Waals surface area contributed by atoms with Crippen molar-refractivity contribution in [3.8, 4) is 0 Å². The summed E-state index contributed by atoms with van der Waals surface area (Å²) in [4.78, 5) is 16.9. The lowest BCUT2D eigenvalue weighted by atomic mass is 10.1. The number of hydrogen-bond donors (Lipinski definition) is 1. The summed E-state index contributed by atoms with van der Waals surface area (Å²) in [6.07, 6.45) is 1.01. The Morgan fingerprint density at radius 2 is 1.95 bits per heavy atom. The van der Waals surface area contributed by atoms with Gasteiger partial charge in [-0.15, -0.1) is 0 Å². The summed E-state index contributed by atoms with van der Waals surface area (Å²) in [5, 5.41) is 0. The monoisotopic (exact) mass is 303 g/mol. The minimum absolute atomic E-state index is 0.122. The zero-order chi connectivity index (χ0) is 15.5. The molecule has 0 bridgehead atoms. The fourth-order valence-corrected chi connectivity index (χ4v) is 3.40. The third kappa shape index (κ3) is 3.10. The Morgan fingerprint density at radius 1 is 1.27 bits per heavy atom. The Hall–Kier alpha value is -1.59. The number of carbonyl (C=O) groups is 1. The van der Waals surface area contributed by atoms with Crippen LogP contribution in [0.3, 0.4) is 0 Å². The van der Waals surface area contributed by atoms with Crippen molar-refractivity contribution >= 4 is 11.6 Å². The van der Waals surface area contributed by atoms with E-state index in [0.717, 1.165) is 50.5 Å². The number of nitrogens with zero attached hydrogens (tertiary/aromatic N) is 2. The molecule has 0 aromatic heterocycles. The summed E-state index contributed by atoms with van der Waals surface area (Å²) in [5.41, 5.74) is 7.67. The van der Waals surface area contributed by atoms with Crippen molar-refractivity contribution < 1.29 is 9.53 Å². The molecule has 2 unspecified atom stereocenters. The number of carbonyl (C=O) groups excluding carboxylic acids is 1. The van der Waals surface area contributed by atoms with Gasteiger partial charge in [-0.2, -0.15) is 0 Å². The van der Waals surface area contributed by atoms with Crippen LogP contribution in [0.5, 0.6) is 0 Å². The Kier molecular flexibility index (Phi) is 4.64. The first kappa shape index (κ1) is 15.3. The number of hydrogen-bond acceptors (Lipinski definition) is 4. The number of rotatable bonds is 3. The standard InChI is InChI=1S/C17H25N3O2/c1-13-10-14(11-18)12-20(13)17(21)15-2-4-16(5-3-15)19-6-8-22-9-7-19/h2-5,13-14H,6-12,18H2,1H3. The molecule has 5 nitrogen and oxygen atoms in total. The van der Waals surface area contributed by atoms with E-state index in [1.165, 1.54) is 0 Å². The second-order valence-corrected chi connectivity index (χ2v) is 6.29. The lowest BCUT2D eigenvalue weighted by Crippen LogP contribution is -2.36. The quantitative estimate of drug-likeness (QED) is 0.915. The molecule has 0 radical (unpaired) electrons. The average molecular weight is 303 g/mol. The minimum atomic E-state index is 0.122. The van der Waals surface area contributed by atoms with Gasteiger partial charge in [-0.05, 0) is 50.1 Å². The van der Waals surface area contributed by atoms with Crippen LogP contribution in [0.25, 0.3) is 0 Å². The van der Waals surface area contributed by atoms with Gasteiger partial charge in [0.1, 0.15) is 0 Å². The molecule has 3 rings (SSSR count). The van der Waals surface area contributed by atoms with Crippen LogP contribution < -0.4 is 10.6 Å². The maximum absolute atomic E-state index is 12.7. The summed E-state index contributed by atoms with van der Waals surface area (Å²) in [6, 6.07) is 8.24. The number of anilines is 1. The van der Waals surface area contributed by atoms with Crippen molar-refractivity contribution in [1.29, 1.82) is 0 Å². The fourth-order valence-electron chi connectivity index (χ4n) is 3.40. The van der Waals surface area contributed by atoms with Crippen LogP contribution in [0.4, 0.5) is 5.69 Å². The Bertz CT molecular complexity index is 511. The van der Waals surface area contributed by atoms with Crippen LogP contribution in [-0.4, -0.2) is 56.2 Å². The number of ether oxygens (including phenoxy) is 1. The second-order valence-electron chi connectivity index (χ2n) is 6.29. The molecule has 1 aromatic carbocycles. The van der Waals surface area contributed by atoms with Crippen LogP contribution in [0.2, 0.25) is 0 Å². The molecule has 1 amide bonds. The molecule has 22 heavy (non-hydrogen) atoms. The van der Waals surface area contributed by atoms with Crippen LogP contribution in [0, 0.1) is 5.92 Å². The van der Waals surface area contributed by atoms with Gasteiger partial charge in [-0.3, -0.25) is 4.79 Å². The average Bonchev–Trinajstić information content (AvgIpc) is 2.96. The van der Waals surface area contributed by atoms with E-state index in [0.29, 0.717) is 12.5 Å². The molecule has 2 atom stereocenters. The van der Waals surface area contributed by atoms with Crippen molar-refractivity contribution in [2.75, 3.05) is 44.3 Å². The molecule has 2 aliphatic rings. The maximum Gasteiger partial charge on any atom is 0.254 e. The molecular formula is C17H25N3O2. The molecule has 2 aliphatic heterocycles. The number of likely N-dealkylation sites (tertiary alicyclic amines) is 1. The third-order valence-corrected chi connectivity index (χ3v) is 4.75. The van der Waals surface area contributed by atoms with E-state index in [2.05, 4.69) is 11.8 Å². The van der Waals surface area contributed by atoms with Crippen LogP contribution >= 0.6 is 0 Å². The van der Waals surface area contributed by atoms with Gasteiger partial charge in [0.15, 0.2) is 0 Å². The van der Waals surface area contributed by atoms with E-state index in [1.807, 2.05) is 29.2 Å². The van der Waals surface area contributed by atoms with Gasteiger partial charge in [0.2, 0.25) is 0 Å². The Morgan fingerprint density at radius 3 is 2.55 bits per heavy atom. The first-order chi connectivity index (χ1) is 10.7. The van der Waals surface area contributed by atoms with Crippen LogP contribution in [0.15, 0.2) is 24.3 Å². The third-order valence-electron chi connectivity index (χ3n) is 4.75. The number of amides is 1. The molecule has 1 aromatic rings. The van der Waals surface area contributed by atoms with Gasteiger partial charge >= 0.3 is 0 Å². The largest absolute Gasteiger partial charge is 0.378 e. The van der Waals surface area contributed by atoms with Gasteiger partial charge in [-0.1, -0.05) is 0 Å². The van der Waals surface area contributed by atoms with Gasteiger partial charge in [-0.25, -0.2) is 0 Å². The van der Waals surface area contributed by atoms with Crippen molar-refractivity contribution in [2.45, 2.75) is 19.4 Å². The highest BCUT2D eigenvalue weighted by Crippen LogP contribution is 2.25. The smallest absolute Gasteiger partial charge is 0.254 e. The number of benzene rings is 1. The first-order valence-corrected chi connectivity index (χ1v) is 8.13. The molecule has 0 spiro atoms.